The number of unbranched alkanes of at least 4 members (excludes halogenated alkanes) is 1. The predicted octanol–water partition coefficient (Wildman–Crippen LogP) is 2.66. The molecule has 1 heterocycles. The molecule has 0 aliphatic heterocycles. The molecule has 24 heavy (non-hydrogen) atoms. The average molecular weight is 332 g/mol. The molecule has 6 heteroatoms. The second kappa shape index (κ2) is 8.49. The highest BCUT2D eigenvalue weighted by Gasteiger charge is 2.22. The van der Waals surface area contributed by atoms with Crippen molar-refractivity contribution in [2.45, 2.75) is 38.8 Å². The second-order valence-corrected chi connectivity index (χ2v) is 5.75. The maximum absolute atomic E-state index is 12.6. The fourth-order valence-electron chi connectivity index (χ4n) is 2.70. The number of fused-ring (bicyclic) bond motifs is 1. The van der Waals surface area contributed by atoms with Crippen LogP contribution in [0.1, 0.15) is 36.5 Å². The Kier molecular flexibility index (Phi) is 6.37. The Bertz CT molecular complexity index is 708. The first-order valence-electron chi connectivity index (χ1n) is 8.19. The van der Waals surface area contributed by atoms with E-state index in [2.05, 4.69) is 5.32 Å². The van der Waals surface area contributed by atoms with Gasteiger partial charge in [0.2, 0.25) is 0 Å². The molecule has 0 aliphatic rings. The van der Waals surface area contributed by atoms with Gasteiger partial charge in [0.25, 0.3) is 5.91 Å². The average Bonchev–Trinajstić information content (AvgIpc) is 2.95. The minimum absolute atomic E-state index is 0.356. The van der Waals surface area contributed by atoms with E-state index < -0.39 is 12.0 Å². The van der Waals surface area contributed by atoms with Crippen molar-refractivity contribution >= 4 is 22.8 Å². The summed E-state index contributed by atoms with van der Waals surface area (Å²) in [7, 11) is 1.63. The van der Waals surface area contributed by atoms with Crippen molar-refractivity contribution in [3.8, 4) is 0 Å². The lowest BCUT2D eigenvalue weighted by molar-refractivity contribution is -0.139. The van der Waals surface area contributed by atoms with Gasteiger partial charge in [0.15, 0.2) is 0 Å². The van der Waals surface area contributed by atoms with Crippen LogP contribution in [0, 0.1) is 0 Å². The van der Waals surface area contributed by atoms with E-state index in [4.69, 9.17) is 4.74 Å². The third kappa shape index (κ3) is 4.14. The van der Waals surface area contributed by atoms with Gasteiger partial charge in [-0.2, -0.15) is 0 Å². The molecule has 1 amide bonds. The molecule has 1 atom stereocenters. The number of methoxy groups -OCH3 is 1. The van der Waals surface area contributed by atoms with Crippen LogP contribution in [-0.2, 0) is 16.1 Å². The lowest BCUT2D eigenvalue weighted by Crippen LogP contribution is -2.40. The molecule has 2 N–H and O–H groups in total. The monoisotopic (exact) mass is 332 g/mol. The summed E-state index contributed by atoms with van der Waals surface area (Å²) >= 11 is 0. The van der Waals surface area contributed by atoms with Crippen LogP contribution in [0.3, 0.4) is 0 Å². The number of carboxylic acid groups (broad SMARTS) is 1. The van der Waals surface area contributed by atoms with Gasteiger partial charge in [-0.25, -0.2) is 4.79 Å². The molecule has 1 aromatic heterocycles. The molecule has 0 saturated heterocycles. The molecule has 6 nitrogen and oxygen atoms in total. The summed E-state index contributed by atoms with van der Waals surface area (Å²) in [5.74, 6) is -1.36. The van der Waals surface area contributed by atoms with Gasteiger partial charge >= 0.3 is 5.97 Å². The number of aromatic nitrogens is 1. The molecule has 1 aromatic carbocycles. The molecule has 2 aromatic rings. The number of carbonyl (C=O) groups excluding carboxylic acids is 1. The molecular weight excluding hydrogens is 308 g/mol. The Morgan fingerprint density at radius 1 is 1.33 bits per heavy atom. The fraction of sp³-hybridized carbons (Fsp3) is 0.444. The van der Waals surface area contributed by atoms with Gasteiger partial charge in [0, 0.05) is 30.8 Å². The lowest BCUT2D eigenvalue weighted by atomic mass is 10.1. The molecule has 2 rings (SSSR count). The van der Waals surface area contributed by atoms with Crippen molar-refractivity contribution in [2.75, 3.05) is 13.7 Å². The minimum atomic E-state index is -1.00. The SMILES string of the molecule is CCCC[C@H](NC(=O)c1cn(CCOC)c2ccccc12)C(=O)O. The van der Waals surface area contributed by atoms with Crippen LogP contribution in [0.25, 0.3) is 10.9 Å². The Hall–Kier alpha value is -2.34. The number of hydrogen-bond donors (Lipinski definition) is 2. The summed E-state index contributed by atoms with van der Waals surface area (Å²) in [6, 6.07) is 6.72. The van der Waals surface area contributed by atoms with E-state index >= 15 is 0 Å². The van der Waals surface area contributed by atoms with E-state index in [0.717, 1.165) is 23.7 Å². The Morgan fingerprint density at radius 3 is 2.75 bits per heavy atom. The van der Waals surface area contributed by atoms with E-state index in [1.807, 2.05) is 35.8 Å². The van der Waals surface area contributed by atoms with Crippen molar-refractivity contribution in [2.24, 2.45) is 0 Å². The minimum Gasteiger partial charge on any atom is -0.480 e. The smallest absolute Gasteiger partial charge is 0.326 e. The number of ether oxygens (including phenoxy) is 1. The van der Waals surface area contributed by atoms with Crippen molar-refractivity contribution in [3.05, 3.63) is 36.0 Å². The molecule has 0 saturated carbocycles. The highest BCUT2D eigenvalue weighted by molar-refractivity contribution is 6.07. The van der Waals surface area contributed by atoms with Crippen molar-refractivity contribution in [3.63, 3.8) is 0 Å². The first-order valence-corrected chi connectivity index (χ1v) is 8.19. The van der Waals surface area contributed by atoms with E-state index in [1.54, 1.807) is 13.3 Å². The molecule has 0 fully saturated rings. The molecule has 0 bridgehead atoms. The zero-order valence-corrected chi connectivity index (χ0v) is 14.1. The molecule has 0 aliphatic carbocycles. The maximum Gasteiger partial charge on any atom is 0.326 e. The summed E-state index contributed by atoms with van der Waals surface area (Å²) in [4.78, 5) is 24.0. The van der Waals surface area contributed by atoms with Crippen molar-refractivity contribution in [1.82, 2.24) is 9.88 Å². The van der Waals surface area contributed by atoms with Crippen molar-refractivity contribution < 1.29 is 19.4 Å². The standard InChI is InChI=1S/C18H24N2O4/c1-3-4-8-15(18(22)23)19-17(21)14-12-20(10-11-24-2)16-9-6-5-7-13(14)16/h5-7,9,12,15H,3-4,8,10-11H2,1-2H3,(H,19,21)(H,22,23)/t15-/m0/s1. The third-order valence-corrected chi connectivity index (χ3v) is 4.02. The van der Waals surface area contributed by atoms with Crippen molar-refractivity contribution in [1.29, 1.82) is 0 Å². The van der Waals surface area contributed by atoms with Crippen LogP contribution in [0.5, 0.6) is 0 Å². The van der Waals surface area contributed by atoms with Crippen LogP contribution < -0.4 is 5.32 Å². The summed E-state index contributed by atoms with van der Waals surface area (Å²) < 4.78 is 7.06. The van der Waals surface area contributed by atoms with E-state index in [-0.39, 0.29) is 5.91 Å². The summed E-state index contributed by atoms with van der Waals surface area (Å²) in [5, 5.41) is 12.8. The Morgan fingerprint density at radius 2 is 2.08 bits per heavy atom. The van der Waals surface area contributed by atoms with Crippen LogP contribution in [0.15, 0.2) is 30.5 Å². The second-order valence-electron chi connectivity index (χ2n) is 5.75. The van der Waals surface area contributed by atoms with Crippen LogP contribution in [0.2, 0.25) is 0 Å². The Labute approximate surface area is 141 Å². The number of nitrogens with one attached hydrogen (secondary N) is 1. The van der Waals surface area contributed by atoms with Gasteiger partial charge in [0.1, 0.15) is 6.04 Å². The van der Waals surface area contributed by atoms with Gasteiger partial charge in [-0.3, -0.25) is 4.79 Å². The molecule has 130 valence electrons. The van der Waals surface area contributed by atoms with Gasteiger partial charge in [0.05, 0.1) is 12.2 Å². The first-order chi connectivity index (χ1) is 11.6. The number of carboxylic acids is 1. The van der Waals surface area contributed by atoms with E-state index in [1.165, 1.54) is 0 Å². The van der Waals surface area contributed by atoms with E-state index in [0.29, 0.717) is 25.1 Å². The van der Waals surface area contributed by atoms with Crippen LogP contribution >= 0.6 is 0 Å². The zero-order valence-electron chi connectivity index (χ0n) is 14.1. The quantitative estimate of drug-likeness (QED) is 0.740. The van der Waals surface area contributed by atoms with Gasteiger partial charge in [-0.05, 0) is 12.5 Å². The first kappa shape index (κ1) is 18.0. The third-order valence-electron chi connectivity index (χ3n) is 4.02. The lowest BCUT2D eigenvalue weighted by Gasteiger charge is -2.13. The number of benzene rings is 1. The largest absolute Gasteiger partial charge is 0.480 e. The highest BCUT2D eigenvalue weighted by atomic mass is 16.5. The summed E-state index contributed by atoms with van der Waals surface area (Å²) in [5.41, 5.74) is 1.42. The van der Waals surface area contributed by atoms with E-state index in [9.17, 15) is 14.7 Å². The number of rotatable bonds is 9. The topological polar surface area (TPSA) is 80.6 Å². The maximum atomic E-state index is 12.6. The normalized spacial score (nSPS) is 12.2. The highest BCUT2D eigenvalue weighted by Crippen LogP contribution is 2.21. The number of amides is 1. The molecule has 0 spiro atoms. The number of aliphatic carboxylic acids is 1. The van der Waals surface area contributed by atoms with Gasteiger partial charge < -0.3 is 19.7 Å². The van der Waals surface area contributed by atoms with Gasteiger partial charge in [-0.15, -0.1) is 0 Å². The van der Waals surface area contributed by atoms with Crippen LogP contribution in [-0.4, -0.2) is 41.3 Å². The Balaban J connectivity index is 2.26. The number of carbonyl (C=O) groups is 2. The molecular formula is C18H24N2O4. The molecule has 0 unspecified atom stereocenters. The number of nitrogens with zero attached hydrogens (tertiary/aromatic N) is 1. The molecule has 0 radical (unpaired) electrons. The summed E-state index contributed by atoms with van der Waals surface area (Å²) in [6.45, 7) is 3.15. The summed E-state index contributed by atoms with van der Waals surface area (Å²) in [6.07, 6.45) is 3.83. The van der Waals surface area contributed by atoms with Gasteiger partial charge in [-0.1, -0.05) is 38.0 Å². The number of hydrogen-bond acceptors (Lipinski definition) is 3. The number of para-hydroxylation sites is 1. The zero-order chi connectivity index (χ0) is 17.5. The predicted molar refractivity (Wildman–Crippen MR) is 92.2 cm³/mol. The fourth-order valence-corrected chi connectivity index (χ4v) is 2.70. The van der Waals surface area contributed by atoms with Crippen LogP contribution in [0.4, 0.5) is 0 Å².